The van der Waals surface area contributed by atoms with Crippen molar-refractivity contribution in [3.8, 4) is 11.5 Å². The molecule has 12 heteroatoms. The Morgan fingerprint density at radius 3 is 1.98 bits per heavy atom. The Balaban J connectivity index is 1.24. The Morgan fingerprint density at radius 2 is 1.35 bits per heavy atom. The van der Waals surface area contributed by atoms with Crippen molar-refractivity contribution in [2.45, 2.75) is 42.5 Å². The van der Waals surface area contributed by atoms with E-state index in [1.54, 1.807) is 48.5 Å². The quantitative estimate of drug-likeness (QED) is 0.330. The third-order valence-electron chi connectivity index (χ3n) is 6.29. The Kier molecular flexibility index (Phi) is 9.67. The molecule has 0 aliphatic carbocycles. The van der Waals surface area contributed by atoms with Crippen LogP contribution < -0.4 is 19.5 Å². The molecule has 0 atom stereocenters. The fourth-order valence-corrected chi connectivity index (χ4v) is 6.72. The van der Waals surface area contributed by atoms with Gasteiger partial charge in [-0.15, -0.1) is 0 Å². The first-order valence-corrected chi connectivity index (χ1v) is 15.9. The van der Waals surface area contributed by atoms with Crippen molar-refractivity contribution in [1.82, 2.24) is 9.62 Å². The van der Waals surface area contributed by atoms with E-state index in [1.807, 2.05) is 6.92 Å². The summed E-state index contributed by atoms with van der Waals surface area (Å²) in [6, 6.07) is 18.8. The van der Waals surface area contributed by atoms with Gasteiger partial charge in [0.15, 0.2) is 6.61 Å². The zero-order valence-electron chi connectivity index (χ0n) is 22.2. The summed E-state index contributed by atoms with van der Waals surface area (Å²) in [7, 11) is -7.31. The number of rotatable bonds is 12. The highest BCUT2D eigenvalue weighted by Gasteiger charge is 2.25. The van der Waals surface area contributed by atoms with Crippen molar-refractivity contribution in [3.63, 3.8) is 0 Å². The molecule has 1 aliphatic rings. The predicted octanol–water partition coefficient (Wildman–Crippen LogP) is 3.76. The van der Waals surface area contributed by atoms with Crippen LogP contribution in [0.1, 0.15) is 31.7 Å². The van der Waals surface area contributed by atoms with Crippen LogP contribution in [0.2, 0.25) is 0 Å². The van der Waals surface area contributed by atoms with Crippen LogP contribution in [0.15, 0.2) is 82.6 Å². The average molecular weight is 588 g/mol. The van der Waals surface area contributed by atoms with Crippen LogP contribution in [0.4, 0.5) is 5.69 Å². The van der Waals surface area contributed by atoms with Gasteiger partial charge in [-0.3, -0.25) is 9.52 Å². The summed E-state index contributed by atoms with van der Waals surface area (Å²) < 4.78 is 65.8. The number of ether oxygens (including phenoxy) is 2. The number of anilines is 1. The molecule has 40 heavy (non-hydrogen) atoms. The normalized spacial score (nSPS) is 14.3. The summed E-state index contributed by atoms with van der Waals surface area (Å²) in [5.41, 5.74) is 1.15. The number of benzene rings is 3. The molecule has 1 amide bonds. The minimum absolute atomic E-state index is 0.0453. The molecule has 1 saturated heterocycles. The molecule has 0 spiro atoms. The third-order valence-corrected chi connectivity index (χ3v) is 9.60. The van der Waals surface area contributed by atoms with E-state index in [0.717, 1.165) is 24.8 Å². The maximum atomic E-state index is 12.8. The van der Waals surface area contributed by atoms with Crippen LogP contribution in [0.5, 0.6) is 11.5 Å². The average Bonchev–Trinajstić information content (AvgIpc) is 2.97. The van der Waals surface area contributed by atoms with Gasteiger partial charge in [0.1, 0.15) is 11.5 Å². The Hall–Kier alpha value is -3.61. The van der Waals surface area contributed by atoms with Crippen LogP contribution in [-0.2, 0) is 31.4 Å². The molecule has 1 aliphatic heterocycles. The summed E-state index contributed by atoms with van der Waals surface area (Å²) >= 11 is 0. The highest BCUT2D eigenvalue weighted by atomic mass is 32.2. The monoisotopic (exact) mass is 587 g/mol. The fraction of sp³-hybridized carbons (Fsp3) is 0.321. The van der Waals surface area contributed by atoms with Crippen molar-refractivity contribution >= 4 is 31.6 Å². The van der Waals surface area contributed by atoms with Crippen LogP contribution >= 0.6 is 0 Å². The second-order valence-corrected chi connectivity index (χ2v) is 12.8. The number of amides is 1. The number of piperidine rings is 1. The van der Waals surface area contributed by atoms with Gasteiger partial charge >= 0.3 is 0 Å². The zero-order chi connectivity index (χ0) is 28.6. The lowest BCUT2D eigenvalue weighted by atomic mass is 10.2. The number of nitrogens with zero attached hydrogens (tertiary/aromatic N) is 1. The summed E-state index contributed by atoms with van der Waals surface area (Å²) in [5.74, 6) is 0.605. The van der Waals surface area contributed by atoms with E-state index in [1.165, 1.54) is 28.6 Å². The van der Waals surface area contributed by atoms with Gasteiger partial charge in [0.25, 0.3) is 15.9 Å². The number of nitrogens with one attached hydrogen (secondary N) is 2. The molecule has 0 radical (unpaired) electrons. The maximum Gasteiger partial charge on any atom is 0.261 e. The van der Waals surface area contributed by atoms with E-state index in [2.05, 4.69) is 10.0 Å². The molecule has 1 fully saturated rings. The summed E-state index contributed by atoms with van der Waals surface area (Å²) in [6.07, 6.45) is 2.79. The smallest absolute Gasteiger partial charge is 0.261 e. The second-order valence-electron chi connectivity index (χ2n) is 9.21. The number of carbonyl (C=O) groups is 1. The predicted molar refractivity (Wildman–Crippen MR) is 151 cm³/mol. The molecule has 0 saturated carbocycles. The first-order valence-electron chi connectivity index (χ1n) is 13.0. The number of hydrogen-bond acceptors (Lipinski definition) is 7. The van der Waals surface area contributed by atoms with Gasteiger partial charge in [-0.25, -0.2) is 16.8 Å². The number of sulfonamides is 2. The van der Waals surface area contributed by atoms with Gasteiger partial charge in [-0.1, -0.05) is 18.6 Å². The van der Waals surface area contributed by atoms with Crippen molar-refractivity contribution in [3.05, 3.63) is 78.4 Å². The Labute approximate surface area is 235 Å². The highest BCUT2D eigenvalue weighted by Crippen LogP contribution is 2.22. The number of hydrogen-bond donors (Lipinski definition) is 2. The van der Waals surface area contributed by atoms with E-state index in [4.69, 9.17) is 9.47 Å². The molecule has 214 valence electrons. The number of carbonyl (C=O) groups excluding carboxylic acids is 1. The molecule has 0 aromatic heterocycles. The largest absolute Gasteiger partial charge is 0.494 e. The zero-order valence-corrected chi connectivity index (χ0v) is 23.8. The van der Waals surface area contributed by atoms with Crippen molar-refractivity contribution in [2.75, 3.05) is 31.0 Å². The maximum absolute atomic E-state index is 12.8. The van der Waals surface area contributed by atoms with Crippen molar-refractivity contribution in [1.29, 1.82) is 0 Å². The standard InChI is InChI=1S/C28H33N3O7S2/c1-2-37-24-10-8-23(9-11-24)30-39(33,34)26-16-12-25(13-17-26)38-21-28(32)29-20-22-6-14-27(15-7-22)40(35,36)31-18-4-3-5-19-31/h6-17,30H,2-5,18-21H2,1H3,(H,29,32). The van der Waals surface area contributed by atoms with E-state index >= 15 is 0 Å². The molecular formula is C28H33N3O7S2. The molecule has 3 aromatic rings. The third kappa shape index (κ3) is 7.74. The molecule has 2 N–H and O–H groups in total. The SMILES string of the molecule is CCOc1ccc(NS(=O)(=O)c2ccc(OCC(=O)NCc3ccc(S(=O)(=O)N4CCCCC4)cc3)cc2)cc1. The first kappa shape index (κ1) is 29.4. The van der Waals surface area contributed by atoms with Gasteiger partial charge in [-0.05, 0) is 86.0 Å². The lowest BCUT2D eigenvalue weighted by molar-refractivity contribution is -0.123. The molecule has 3 aromatic carbocycles. The fourth-order valence-electron chi connectivity index (χ4n) is 4.15. The Bertz CT molecular complexity index is 1480. The van der Waals surface area contributed by atoms with Crippen LogP contribution in [0.25, 0.3) is 0 Å². The van der Waals surface area contributed by atoms with Gasteiger partial charge in [0.2, 0.25) is 10.0 Å². The molecule has 4 rings (SSSR count). The minimum atomic E-state index is -3.81. The van der Waals surface area contributed by atoms with Gasteiger partial charge < -0.3 is 14.8 Å². The topological polar surface area (TPSA) is 131 Å². The summed E-state index contributed by atoms with van der Waals surface area (Å²) in [4.78, 5) is 12.6. The lowest BCUT2D eigenvalue weighted by Gasteiger charge is -2.25. The van der Waals surface area contributed by atoms with Crippen molar-refractivity contribution < 1.29 is 31.1 Å². The minimum Gasteiger partial charge on any atom is -0.494 e. The molecule has 0 bridgehead atoms. The van der Waals surface area contributed by atoms with Gasteiger partial charge in [0, 0.05) is 25.3 Å². The van der Waals surface area contributed by atoms with Gasteiger partial charge in [0.05, 0.1) is 16.4 Å². The van der Waals surface area contributed by atoms with E-state index in [9.17, 15) is 21.6 Å². The van der Waals surface area contributed by atoms with E-state index in [0.29, 0.717) is 36.9 Å². The second kappa shape index (κ2) is 13.2. The summed E-state index contributed by atoms with van der Waals surface area (Å²) in [6.45, 7) is 3.41. The van der Waals surface area contributed by atoms with Crippen LogP contribution in [0.3, 0.4) is 0 Å². The summed E-state index contributed by atoms with van der Waals surface area (Å²) in [5, 5.41) is 2.73. The van der Waals surface area contributed by atoms with E-state index < -0.39 is 20.0 Å². The van der Waals surface area contributed by atoms with Crippen LogP contribution in [0, 0.1) is 0 Å². The Morgan fingerprint density at radius 1 is 0.775 bits per heavy atom. The van der Waals surface area contributed by atoms with Gasteiger partial charge in [-0.2, -0.15) is 4.31 Å². The highest BCUT2D eigenvalue weighted by molar-refractivity contribution is 7.92. The molecule has 10 nitrogen and oxygen atoms in total. The van der Waals surface area contributed by atoms with Crippen LogP contribution in [-0.4, -0.2) is 53.4 Å². The van der Waals surface area contributed by atoms with Crippen molar-refractivity contribution in [2.24, 2.45) is 0 Å². The van der Waals surface area contributed by atoms with E-state index in [-0.39, 0.29) is 28.8 Å². The molecule has 1 heterocycles. The molecule has 0 unspecified atom stereocenters. The first-order chi connectivity index (χ1) is 19.2. The molecular weight excluding hydrogens is 554 g/mol. The lowest BCUT2D eigenvalue weighted by Crippen LogP contribution is -2.35.